The second-order valence-electron chi connectivity index (χ2n) is 4.86. The van der Waals surface area contributed by atoms with E-state index in [1.807, 2.05) is 31.2 Å². The molecule has 3 rings (SSSR count). The van der Waals surface area contributed by atoms with Crippen LogP contribution in [0.2, 0.25) is 0 Å². The highest BCUT2D eigenvalue weighted by Crippen LogP contribution is 2.34. The van der Waals surface area contributed by atoms with Crippen LogP contribution in [0.25, 0.3) is 0 Å². The molecule has 1 N–H and O–H groups in total. The van der Waals surface area contributed by atoms with Gasteiger partial charge in [-0.3, -0.25) is 4.72 Å². The van der Waals surface area contributed by atoms with Gasteiger partial charge in [0.2, 0.25) is 16.8 Å². The average molecular weight is 305 g/mol. The molecule has 0 atom stereocenters. The van der Waals surface area contributed by atoms with Gasteiger partial charge in [0.25, 0.3) is 0 Å². The Bertz CT molecular complexity index is 771. The minimum absolute atomic E-state index is 0.0614. The molecule has 0 amide bonds. The fourth-order valence-corrected chi connectivity index (χ4v) is 3.44. The van der Waals surface area contributed by atoms with Gasteiger partial charge in [-0.15, -0.1) is 0 Å². The van der Waals surface area contributed by atoms with Crippen molar-refractivity contribution in [3.63, 3.8) is 0 Å². The molecular formula is C15H15NO4S. The third-order valence-corrected chi connectivity index (χ3v) is 4.49. The standard InChI is InChI=1S/C15H15NO4S/c1-11-4-2-3-5-12(11)9-21(17,18)16-13-6-7-14-15(8-13)20-10-19-14/h2-8,16H,9-10H2,1H3. The van der Waals surface area contributed by atoms with E-state index in [1.54, 1.807) is 18.2 Å². The lowest BCUT2D eigenvalue weighted by Crippen LogP contribution is -2.15. The number of nitrogens with one attached hydrogen (secondary N) is 1. The number of sulfonamides is 1. The summed E-state index contributed by atoms with van der Waals surface area (Å²) in [7, 11) is -3.47. The summed E-state index contributed by atoms with van der Waals surface area (Å²) in [6.07, 6.45) is 0. The van der Waals surface area contributed by atoms with Crippen molar-refractivity contribution in [3.8, 4) is 11.5 Å². The Balaban J connectivity index is 1.79. The van der Waals surface area contributed by atoms with Gasteiger partial charge in [-0.25, -0.2) is 8.42 Å². The number of anilines is 1. The van der Waals surface area contributed by atoms with Crippen LogP contribution < -0.4 is 14.2 Å². The maximum absolute atomic E-state index is 12.2. The van der Waals surface area contributed by atoms with Crippen molar-refractivity contribution in [3.05, 3.63) is 53.6 Å². The molecule has 2 aromatic rings. The Morgan fingerprint density at radius 3 is 2.67 bits per heavy atom. The van der Waals surface area contributed by atoms with Crippen LogP contribution in [0.3, 0.4) is 0 Å². The normalized spacial score (nSPS) is 13.2. The fourth-order valence-electron chi connectivity index (χ4n) is 2.15. The number of rotatable bonds is 4. The molecule has 0 saturated heterocycles. The number of hydrogen-bond acceptors (Lipinski definition) is 4. The molecular weight excluding hydrogens is 290 g/mol. The molecule has 0 bridgehead atoms. The van der Waals surface area contributed by atoms with Crippen molar-refractivity contribution in [2.24, 2.45) is 0 Å². The largest absolute Gasteiger partial charge is 0.454 e. The second-order valence-corrected chi connectivity index (χ2v) is 6.58. The zero-order valence-electron chi connectivity index (χ0n) is 11.5. The predicted molar refractivity (Wildman–Crippen MR) is 80.0 cm³/mol. The first-order chi connectivity index (χ1) is 10.0. The number of fused-ring (bicyclic) bond motifs is 1. The molecule has 0 aliphatic carbocycles. The summed E-state index contributed by atoms with van der Waals surface area (Å²) in [6, 6.07) is 12.4. The average Bonchev–Trinajstić information content (AvgIpc) is 2.88. The van der Waals surface area contributed by atoms with Gasteiger partial charge < -0.3 is 9.47 Å². The first-order valence-corrected chi connectivity index (χ1v) is 8.13. The van der Waals surface area contributed by atoms with Crippen molar-refractivity contribution in [2.45, 2.75) is 12.7 Å². The van der Waals surface area contributed by atoms with E-state index in [4.69, 9.17) is 9.47 Å². The third-order valence-electron chi connectivity index (χ3n) is 3.25. The zero-order valence-corrected chi connectivity index (χ0v) is 12.3. The van der Waals surface area contributed by atoms with Gasteiger partial charge >= 0.3 is 0 Å². The summed E-state index contributed by atoms with van der Waals surface area (Å²) in [6.45, 7) is 2.06. The molecule has 0 saturated carbocycles. The van der Waals surface area contributed by atoms with Gasteiger partial charge in [-0.1, -0.05) is 24.3 Å². The molecule has 0 spiro atoms. The second kappa shape index (κ2) is 5.29. The van der Waals surface area contributed by atoms with E-state index in [0.29, 0.717) is 17.2 Å². The Morgan fingerprint density at radius 1 is 1.10 bits per heavy atom. The Labute approximate surface area is 123 Å². The molecule has 1 heterocycles. The lowest BCUT2D eigenvalue weighted by atomic mass is 10.1. The minimum Gasteiger partial charge on any atom is -0.454 e. The predicted octanol–water partition coefficient (Wildman–Crippen LogP) is 2.67. The molecule has 0 fully saturated rings. The van der Waals surface area contributed by atoms with Gasteiger partial charge in [0.15, 0.2) is 11.5 Å². The van der Waals surface area contributed by atoms with Crippen molar-refractivity contribution in [1.82, 2.24) is 0 Å². The molecule has 21 heavy (non-hydrogen) atoms. The highest BCUT2D eigenvalue weighted by Gasteiger charge is 2.17. The van der Waals surface area contributed by atoms with E-state index in [2.05, 4.69) is 4.72 Å². The van der Waals surface area contributed by atoms with Crippen LogP contribution in [0.4, 0.5) is 5.69 Å². The number of benzene rings is 2. The van der Waals surface area contributed by atoms with E-state index in [-0.39, 0.29) is 12.5 Å². The van der Waals surface area contributed by atoms with Crippen LogP contribution in [-0.4, -0.2) is 15.2 Å². The van der Waals surface area contributed by atoms with Gasteiger partial charge in [0, 0.05) is 6.07 Å². The summed E-state index contributed by atoms with van der Waals surface area (Å²) < 4.78 is 37.5. The van der Waals surface area contributed by atoms with Crippen LogP contribution in [0, 0.1) is 6.92 Å². The van der Waals surface area contributed by atoms with E-state index in [1.165, 1.54) is 0 Å². The van der Waals surface area contributed by atoms with Crippen LogP contribution >= 0.6 is 0 Å². The molecule has 2 aromatic carbocycles. The fraction of sp³-hybridized carbons (Fsp3) is 0.200. The van der Waals surface area contributed by atoms with Gasteiger partial charge in [-0.2, -0.15) is 0 Å². The topological polar surface area (TPSA) is 64.6 Å². The molecule has 0 unspecified atom stereocenters. The van der Waals surface area contributed by atoms with E-state index in [0.717, 1.165) is 11.1 Å². The molecule has 5 nitrogen and oxygen atoms in total. The molecule has 0 aromatic heterocycles. The van der Waals surface area contributed by atoms with Gasteiger partial charge in [0.1, 0.15) is 0 Å². The minimum atomic E-state index is -3.47. The lowest BCUT2D eigenvalue weighted by molar-refractivity contribution is 0.174. The quantitative estimate of drug-likeness (QED) is 0.943. The van der Waals surface area contributed by atoms with E-state index in [9.17, 15) is 8.42 Å². The molecule has 1 aliphatic rings. The molecule has 0 radical (unpaired) electrons. The van der Waals surface area contributed by atoms with Crippen LogP contribution in [0.5, 0.6) is 11.5 Å². The van der Waals surface area contributed by atoms with Crippen LogP contribution in [0.15, 0.2) is 42.5 Å². The van der Waals surface area contributed by atoms with Crippen LogP contribution in [-0.2, 0) is 15.8 Å². The maximum Gasteiger partial charge on any atom is 0.236 e. The Kier molecular flexibility index (Phi) is 3.47. The SMILES string of the molecule is Cc1ccccc1CS(=O)(=O)Nc1ccc2c(c1)OCO2. The van der Waals surface area contributed by atoms with Crippen molar-refractivity contribution < 1.29 is 17.9 Å². The third kappa shape index (κ3) is 3.11. The van der Waals surface area contributed by atoms with Crippen molar-refractivity contribution >= 4 is 15.7 Å². The molecule has 110 valence electrons. The number of ether oxygens (including phenoxy) is 2. The maximum atomic E-state index is 12.2. The van der Waals surface area contributed by atoms with E-state index >= 15 is 0 Å². The summed E-state index contributed by atoms with van der Waals surface area (Å²) in [5.41, 5.74) is 2.20. The summed E-state index contributed by atoms with van der Waals surface area (Å²) in [4.78, 5) is 0. The zero-order chi connectivity index (χ0) is 14.9. The summed E-state index contributed by atoms with van der Waals surface area (Å²) >= 11 is 0. The van der Waals surface area contributed by atoms with Gasteiger partial charge in [-0.05, 0) is 30.2 Å². The summed E-state index contributed by atoms with van der Waals surface area (Å²) in [5.74, 6) is 1.11. The molecule has 6 heteroatoms. The molecule has 1 aliphatic heterocycles. The Hall–Kier alpha value is -2.21. The highest BCUT2D eigenvalue weighted by molar-refractivity contribution is 7.91. The van der Waals surface area contributed by atoms with Gasteiger partial charge in [0.05, 0.1) is 11.4 Å². The number of hydrogen-bond donors (Lipinski definition) is 1. The highest BCUT2D eigenvalue weighted by atomic mass is 32.2. The Morgan fingerprint density at radius 2 is 1.86 bits per heavy atom. The monoisotopic (exact) mass is 305 g/mol. The first kappa shape index (κ1) is 13.8. The lowest BCUT2D eigenvalue weighted by Gasteiger charge is -2.10. The van der Waals surface area contributed by atoms with E-state index < -0.39 is 10.0 Å². The first-order valence-electron chi connectivity index (χ1n) is 6.48. The van der Waals surface area contributed by atoms with Crippen molar-refractivity contribution in [1.29, 1.82) is 0 Å². The van der Waals surface area contributed by atoms with Crippen molar-refractivity contribution in [2.75, 3.05) is 11.5 Å². The summed E-state index contributed by atoms with van der Waals surface area (Å²) in [5, 5.41) is 0. The van der Waals surface area contributed by atoms with Crippen LogP contribution in [0.1, 0.15) is 11.1 Å². The smallest absolute Gasteiger partial charge is 0.236 e. The number of aryl methyl sites for hydroxylation is 1.